The third kappa shape index (κ3) is 7.25. The molecule has 142 valence electrons. The maximum absolute atomic E-state index is 13.5. The second-order valence-corrected chi connectivity index (χ2v) is 5.99. The number of nitrogens with one attached hydrogen (secondary N) is 2. The van der Waals surface area contributed by atoms with Crippen molar-refractivity contribution < 1.29 is 4.39 Å². The Balaban J connectivity index is 0.00000338. The molecule has 0 saturated heterocycles. The van der Waals surface area contributed by atoms with E-state index in [1.807, 2.05) is 38.4 Å². The van der Waals surface area contributed by atoms with Crippen molar-refractivity contribution in [3.63, 3.8) is 0 Å². The van der Waals surface area contributed by atoms with Gasteiger partial charge in [0.2, 0.25) is 0 Å². The first-order valence-corrected chi connectivity index (χ1v) is 8.36. The lowest BCUT2D eigenvalue weighted by molar-refractivity contribution is 0.297. The predicted octanol–water partition coefficient (Wildman–Crippen LogP) is 2.85. The standard InChI is InChI=1S/C19H26FN5.HI/c1-21-19(23-12-10-17-9-4-5-11-22-17)24-14-18(25(2)3)15-7-6-8-16(20)13-15;/h4-9,11,13,18H,10,12,14H2,1-3H3,(H2,21,23,24);1H. The minimum absolute atomic E-state index is 0. The quantitative estimate of drug-likeness (QED) is 0.371. The predicted molar refractivity (Wildman–Crippen MR) is 116 cm³/mol. The van der Waals surface area contributed by atoms with E-state index >= 15 is 0 Å². The van der Waals surface area contributed by atoms with E-state index in [0.29, 0.717) is 6.54 Å². The van der Waals surface area contributed by atoms with Crippen LogP contribution in [0.4, 0.5) is 4.39 Å². The molecule has 0 radical (unpaired) electrons. The number of aliphatic imine (C=N–C) groups is 1. The lowest BCUT2D eigenvalue weighted by atomic mass is 10.1. The Bertz CT molecular complexity index is 679. The molecule has 0 aliphatic carbocycles. The summed E-state index contributed by atoms with van der Waals surface area (Å²) in [6, 6.07) is 12.6. The summed E-state index contributed by atoms with van der Waals surface area (Å²) in [5, 5.41) is 6.59. The van der Waals surface area contributed by atoms with Crippen molar-refractivity contribution in [1.29, 1.82) is 0 Å². The van der Waals surface area contributed by atoms with E-state index in [0.717, 1.165) is 30.2 Å². The van der Waals surface area contributed by atoms with Crippen LogP contribution in [0.15, 0.2) is 53.7 Å². The number of likely N-dealkylation sites (N-methyl/N-ethyl adjacent to an activating group) is 1. The number of pyridine rings is 1. The summed E-state index contributed by atoms with van der Waals surface area (Å²) >= 11 is 0. The van der Waals surface area contributed by atoms with Crippen LogP contribution in [0.25, 0.3) is 0 Å². The third-order valence-corrected chi connectivity index (χ3v) is 3.94. The first-order valence-electron chi connectivity index (χ1n) is 8.36. The largest absolute Gasteiger partial charge is 0.356 e. The fourth-order valence-corrected chi connectivity index (χ4v) is 2.58. The Kier molecular flexibility index (Phi) is 10.1. The molecule has 0 aliphatic rings. The molecule has 1 heterocycles. The van der Waals surface area contributed by atoms with Gasteiger partial charge >= 0.3 is 0 Å². The molecule has 0 spiro atoms. The van der Waals surface area contributed by atoms with E-state index < -0.39 is 0 Å². The smallest absolute Gasteiger partial charge is 0.191 e. The Morgan fingerprint density at radius 3 is 2.62 bits per heavy atom. The van der Waals surface area contributed by atoms with Crippen molar-refractivity contribution in [2.24, 2.45) is 4.99 Å². The zero-order valence-corrected chi connectivity index (χ0v) is 17.8. The van der Waals surface area contributed by atoms with Gasteiger partial charge in [-0.05, 0) is 43.9 Å². The summed E-state index contributed by atoms with van der Waals surface area (Å²) < 4.78 is 13.5. The summed E-state index contributed by atoms with van der Waals surface area (Å²) in [6.07, 6.45) is 2.62. The van der Waals surface area contributed by atoms with Gasteiger partial charge in [-0.15, -0.1) is 24.0 Å². The number of rotatable bonds is 7. The average molecular weight is 471 g/mol. The van der Waals surface area contributed by atoms with Crippen LogP contribution in [0.2, 0.25) is 0 Å². The first kappa shape index (κ1) is 22.3. The van der Waals surface area contributed by atoms with Crippen molar-refractivity contribution in [3.8, 4) is 0 Å². The SMILES string of the molecule is CN=C(NCCc1ccccn1)NCC(c1cccc(F)c1)N(C)C.I. The maximum Gasteiger partial charge on any atom is 0.191 e. The van der Waals surface area contributed by atoms with Crippen LogP contribution in [0, 0.1) is 5.82 Å². The highest BCUT2D eigenvalue weighted by Gasteiger charge is 2.15. The van der Waals surface area contributed by atoms with Crippen molar-refractivity contribution in [2.45, 2.75) is 12.5 Å². The Labute approximate surface area is 172 Å². The fraction of sp³-hybridized carbons (Fsp3) is 0.368. The van der Waals surface area contributed by atoms with Gasteiger partial charge in [0.05, 0.1) is 6.04 Å². The van der Waals surface area contributed by atoms with Gasteiger partial charge in [-0.1, -0.05) is 18.2 Å². The molecule has 0 bridgehead atoms. The molecule has 26 heavy (non-hydrogen) atoms. The molecule has 2 aromatic rings. The second-order valence-electron chi connectivity index (χ2n) is 5.99. The summed E-state index contributed by atoms with van der Waals surface area (Å²) in [5.74, 6) is 0.501. The molecular weight excluding hydrogens is 444 g/mol. The van der Waals surface area contributed by atoms with E-state index in [2.05, 4.69) is 25.5 Å². The van der Waals surface area contributed by atoms with Crippen LogP contribution in [0.5, 0.6) is 0 Å². The highest BCUT2D eigenvalue weighted by Crippen LogP contribution is 2.18. The van der Waals surface area contributed by atoms with E-state index in [1.54, 1.807) is 25.4 Å². The molecule has 0 saturated carbocycles. The van der Waals surface area contributed by atoms with Gasteiger partial charge in [-0.3, -0.25) is 9.98 Å². The Morgan fingerprint density at radius 2 is 2.00 bits per heavy atom. The normalized spacial score (nSPS) is 12.4. The van der Waals surface area contributed by atoms with Crippen LogP contribution in [0.3, 0.4) is 0 Å². The molecule has 0 fully saturated rings. The lowest BCUT2D eigenvalue weighted by Crippen LogP contribution is -2.42. The minimum atomic E-state index is -0.220. The van der Waals surface area contributed by atoms with Crippen molar-refractivity contribution in [3.05, 3.63) is 65.7 Å². The summed E-state index contributed by atoms with van der Waals surface area (Å²) in [4.78, 5) is 10.6. The number of hydrogen-bond acceptors (Lipinski definition) is 3. The fourth-order valence-electron chi connectivity index (χ4n) is 2.58. The summed E-state index contributed by atoms with van der Waals surface area (Å²) in [5.41, 5.74) is 1.97. The van der Waals surface area contributed by atoms with Crippen LogP contribution in [0.1, 0.15) is 17.3 Å². The highest BCUT2D eigenvalue weighted by atomic mass is 127. The number of benzene rings is 1. The summed E-state index contributed by atoms with van der Waals surface area (Å²) in [6.45, 7) is 1.36. The zero-order chi connectivity index (χ0) is 18.1. The Hall–Kier alpha value is -1.74. The van der Waals surface area contributed by atoms with Crippen LogP contribution in [-0.4, -0.2) is 50.1 Å². The number of halogens is 2. The van der Waals surface area contributed by atoms with E-state index in [9.17, 15) is 4.39 Å². The molecule has 5 nitrogen and oxygen atoms in total. The molecule has 0 aliphatic heterocycles. The number of hydrogen-bond donors (Lipinski definition) is 2. The monoisotopic (exact) mass is 471 g/mol. The third-order valence-electron chi connectivity index (χ3n) is 3.94. The van der Waals surface area contributed by atoms with Gasteiger partial charge in [0, 0.05) is 38.4 Å². The lowest BCUT2D eigenvalue weighted by Gasteiger charge is -2.26. The Morgan fingerprint density at radius 1 is 1.19 bits per heavy atom. The maximum atomic E-state index is 13.5. The molecule has 1 aromatic carbocycles. The molecule has 1 aromatic heterocycles. The summed E-state index contributed by atoms with van der Waals surface area (Å²) in [7, 11) is 5.70. The number of aromatic nitrogens is 1. The molecule has 7 heteroatoms. The van der Waals surface area contributed by atoms with Gasteiger partial charge in [-0.2, -0.15) is 0 Å². The average Bonchev–Trinajstić information content (AvgIpc) is 2.61. The topological polar surface area (TPSA) is 52.6 Å². The van der Waals surface area contributed by atoms with Crippen molar-refractivity contribution >= 4 is 29.9 Å². The second kappa shape index (κ2) is 11.8. The highest BCUT2D eigenvalue weighted by molar-refractivity contribution is 14.0. The molecule has 0 amide bonds. The van der Waals surface area contributed by atoms with Crippen LogP contribution >= 0.6 is 24.0 Å². The zero-order valence-electron chi connectivity index (χ0n) is 15.4. The van der Waals surface area contributed by atoms with Gasteiger partial charge in [0.1, 0.15) is 5.82 Å². The molecule has 1 atom stereocenters. The van der Waals surface area contributed by atoms with Gasteiger partial charge in [0.15, 0.2) is 5.96 Å². The van der Waals surface area contributed by atoms with E-state index in [4.69, 9.17) is 0 Å². The molecule has 2 N–H and O–H groups in total. The molecule has 2 rings (SSSR count). The van der Waals surface area contributed by atoms with E-state index in [-0.39, 0.29) is 35.8 Å². The molecule has 1 unspecified atom stereocenters. The van der Waals surface area contributed by atoms with Crippen LogP contribution in [-0.2, 0) is 6.42 Å². The minimum Gasteiger partial charge on any atom is -0.356 e. The van der Waals surface area contributed by atoms with Gasteiger partial charge in [0.25, 0.3) is 0 Å². The number of nitrogens with zero attached hydrogens (tertiary/aromatic N) is 3. The van der Waals surface area contributed by atoms with Crippen molar-refractivity contribution in [1.82, 2.24) is 20.5 Å². The molecular formula is C19H27FIN5. The first-order chi connectivity index (χ1) is 12.1. The number of guanidine groups is 1. The van der Waals surface area contributed by atoms with E-state index in [1.165, 1.54) is 6.07 Å². The van der Waals surface area contributed by atoms with Crippen LogP contribution < -0.4 is 10.6 Å². The van der Waals surface area contributed by atoms with Crippen molar-refractivity contribution in [2.75, 3.05) is 34.2 Å². The van der Waals surface area contributed by atoms with Gasteiger partial charge in [-0.25, -0.2) is 4.39 Å². The van der Waals surface area contributed by atoms with Gasteiger partial charge < -0.3 is 15.5 Å².